The zero-order valence-corrected chi connectivity index (χ0v) is 13.3. The van der Waals surface area contributed by atoms with Crippen LogP contribution in [0.15, 0.2) is 0 Å². The Kier molecular flexibility index (Phi) is 4.59. The summed E-state index contributed by atoms with van der Waals surface area (Å²) in [6.07, 6.45) is 0.938. The zero-order valence-electron chi connectivity index (χ0n) is 13.3. The van der Waals surface area contributed by atoms with E-state index in [2.05, 4.69) is 5.32 Å². The van der Waals surface area contributed by atoms with E-state index >= 15 is 0 Å². The maximum absolute atomic E-state index is 12.2. The number of rotatable bonds is 5. The van der Waals surface area contributed by atoms with Crippen molar-refractivity contribution in [2.45, 2.75) is 51.8 Å². The van der Waals surface area contributed by atoms with Gasteiger partial charge >= 0.3 is 6.09 Å². The molecule has 1 amide bonds. The Hall–Kier alpha value is -0.810. The van der Waals surface area contributed by atoms with Crippen molar-refractivity contribution < 1.29 is 14.3 Å². The molecule has 0 spiro atoms. The number of nitrogens with zero attached hydrogens (tertiary/aromatic N) is 1. The number of fused-ring (bicyclic) bond motifs is 1. The van der Waals surface area contributed by atoms with Gasteiger partial charge in [-0.15, -0.1) is 0 Å². The molecule has 0 radical (unpaired) electrons. The van der Waals surface area contributed by atoms with E-state index in [1.54, 1.807) is 0 Å². The first kappa shape index (κ1) is 15.6. The van der Waals surface area contributed by atoms with Crippen molar-refractivity contribution in [1.29, 1.82) is 0 Å². The van der Waals surface area contributed by atoms with Crippen LogP contribution in [-0.2, 0) is 9.47 Å². The molecule has 2 bridgehead atoms. The van der Waals surface area contributed by atoms with Crippen LogP contribution in [0.5, 0.6) is 0 Å². The molecule has 4 atom stereocenters. The van der Waals surface area contributed by atoms with E-state index in [-0.39, 0.29) is 6.09 Å². The molecule has 2 saturated heterocycles. The van der Waals surface area contributed by atoms with Crippen LogP contribution < -0.4 is 5.32 Å². The van der Waals surface area contributed by atoms with Crippen molar-refractivity contribution in [3.05, 3.63) is 0 Å². The van der Waals surface area contributed by atoms with Gasteiger partial charge in [0.15, 0.2) is 0 Å². The normalized spacial score (nSPS) is 30.1. The first-order valence-electron chi connectivity index (χ1n) is 7.62. The summed E-state index contributed by atoms with van der Waals surface area (Å²) in [5, 5.41) is 3.34. The van der Waals surface area contributed by atoms with Gasteiger partial charge in [-0.05, 0) is 47.1 Å². The highest BCUT2D eigenvalue weighted by atomic mass is 16.6. The Morgan fingerprint density at radius 1 is 1.45 bits per heavy atom. The lowest BCUT2D eigenvalue weighted by Crippen LogP contribution is -2.53. The number of ether oxygens (including phenoxy) is 2. The summed E-state index contributed by atoms with van der Waals surface area (Å²) in [4.78, 5) is 14.1. The number of carbonyl (C=O) groups is 1. The summed E-state index contributed by atoms with van der Waals surface area (Å²) in [5.74, 6) is 1.09. The van der Waals surface area contributed by atoms with Crippen LogP contribution in [0.1, 0.15) is 34.1 Å². The molecule has 3 aliphatic rings. The lowest BCUT2D eigenvalue weighted by atomic mass is 9.70. The minimum absolute atomic E-state index is 0.168. The fourth-order valence-electron chi connectivity index (χ4n) is 3.42. The smallest absolute Gasteiger partial charge is 0.410 e. The molecule has 0 aromatic heterocycles. The largest absolute Gasteiger partial charge is 0.444 e. The number of carbonyl (C=O) groups excluding carboxylic acids is 1. The molecule has 0 aromatic rings. The summed E-state index contributed by atoms with van der Waals surface area (Å²) >= 11 is 0. The van der Waals surface area contributed by atoms with Crippen LogP contribution in [0.3, 0.4) is 0 Å². The summed E-state index contributed by atoms with van der Waals surface area (Å²) in [5.41, 5.74) is -0.423. The lowest BCUT2D eigenvalue weighted by molar-refractivity contribution is 0.0118. The number of likely N-dealkylation sites (N-methyl/N-ethyl adjacent to an activating group) is 1. The highest BCUT2D eigenvalue weighted by molar-refractivity contribution is 5.69. The third-order valence-electron chi connectivity index (χ3n) is 4.33. The van der Waals surface area contributed by atoms with Crippen molar-refractivity contribution in [2.75, 3.05) is 26.8 Å². The van der Waals surface area contributed by atoms with Crippen molar-refractivity contribution in [1.82, 2.24) is 10.2 Å². The van der Waals surface area contributed by atoms with Crippen molar-refractivity contribution in [2.24, 2.45) is 11.8 Å². The number of hydrogen-bond donors (Lipinski definition) is 1. The topological polar surface area (TPSA) is 50.8 Å². The molecular weight excluding hydrogens is 256 g/mol. The van der Waals surface area contributed by atoms with Crippen LogP contribution in [-0.4, -0.2) is 55.5 Å². The van der Waals surface area contributed by atoms with Crippen LogP contribution >= 0.6 is 0 Å². The zero-order chi connectivity index (χ0) is 14.9. The molecule has 3 fully saturated rings. The Balaban J connectivity index is 1.93. The van der Waals surface area contributed by atoms with Crippen LogP contribution in [0.2, 0.25) is 0 Å². The van der Waals surface area contributed by atoms with Gasteiger partial charge in [0, 0.05) is 31.2 Å². The average molecular weight is 284 g/mol. The summed E-state index contributed by atoms with van der Waals surface area (Å²) in [6, 6.07) is 0.638. The molecular formula is C15H28N2O3. The molecule has 1 saturated carbocycles. The minimum Gasteiger partial charge on any atom is -0.444 e. The quantitative estimate of drug-likeness (QED) is 0.837. The second-order valence-electron chi connectivity index (χ2n) is 6.83. The molecule has 0 aromatic carbocycles. The highest BCUT2D eigenvalue weighted by Crippen LogP contribution is 2.48. The third-order valence-corrected chi connectivity index (χ3v) is 4.33. The summed E-state index contributed by atoms with van der Waals surface area (Å²) in [7, 11) is 1.97. The van der Waals surface area contributed by atoms with Gasteiger partial charge in [0.25, 0.3) is 0 Å². The van der Waals surface area contributed by atoms with Crippen LogP contribution in [0, 0.1) is 11.8 Å². The van der Waals surface area contributed by atoms with Gasteiger partial charge in [0.2, 0.25) is 0 Å². The lowest BCUT2D eigenvalue weighted by Gasteiger charge is -2.41. The third kappa shape index (κ3) is 3.09. The van der Waals surface area contributed by atoms with Gasteiger partial charge in [0.1, 0.15) is 5.60 Å². The monoisotopic (exact) mass is 284 g/mol. The number of amides is 1. The molecule has 1 unspecified atom stereocenters. The van der Waals surface area contributed by atoms with Gasteiger partial charge in [-0.3, -0.25) is 0 Å². The molecule has 116 valence electrons. The van der Waals surface area contributed by atoms with Gasteiger partial charge in [-0.1, -0.05) is 0 Å². The molecule has 2 aliphatic heterocycles. The molecule has 2 heterocycles. The molecule has 5 nitrogen and oxygen atoms in total. The van der Waals surface area contributed by atoms with Crippen molar-refractivity contribution >= 4 is 6.09 Å². The Bertz CT molecular complexity index is 354. The van der Waals surface area contributed by atoms with E-state index in [0.717, 1.165) is 19.6 Å². The van der Waals surface area contributed by atoms with Crippen molar-refractivity contribution in [3.8, 4) is 0 Å². The van der Waals surface area contributed by atoms with E-state index in [9.17, 15) is 4.79 Å². The predicted molar refractivity (Wildman–Crippen MR) is 77.7 cm³/mol. The van der Waals surface area contributed by atoms with Gasteiger partial charge in [-0.25, -0.2) is 4.79 Å². The fourth-order valence-corrected chi connectivity index (χ4v) is 3.42. The fraction of sp³-hybridized carbons (Fsp3) is 0.933. The Morgan fingerprint density at radius 3 is 2.70 bits per heavy atom. The molecule has 5 heteroatoms. The summed E-state index contributed by atoms with van der Waals surface area (Å²) < 4.78 is 11.0. The van der Waals surface area contributed by atoms with E-state index in [1.807, 2.05) is 39.6 Å². The van der Waals surface area contributed by atoms with Gasteiger partial charge < -0.3 is 19.7 Å². The number of nitrogens with one attached hydrogen (secondary N) is 1. The van der Waals surface area contributed by atoms with E-state index < -0.39 is 5.60 Å². The van der Waals surface area contributed by atoms with Crippen molar-refractivity contribution in [3.63, 3.8) is 0 Å². The maximum atomic E-state index is 12.2. The van der Waals surface area contributed by atoms with E-state index in [4.69, 9.17) is 9.47 Å². The average Bonchev–Trinajstić information content (AvgIpc) is 2.90. The second-order valence-corrected chi connectivity index (χ2v) is 6.83. The predicted octanol–water partition coefficient (Wildman–Crippen LogP) is 1.87. The Labute approximate surface area is 122 Å². The van der Waals surface area contributed by atoms with E-state index in [0.29, 0.717) is 30.5 Å². The molecule has 1 N–H and O–H groups in total. The first-order valence-corrected chi connectivity index (χ1v) is 7.62. The molecule has 20 heavy (non-hydrogen) atoms. The van der Waals surface area contributed by atoms with Gasteiger partial charge in [-0.2, -0.15) is 0 Å². The van der Waals surface area contributed by atoms with Gasteiger partial charge in [0.05, 0.1) is 6.61 Å². The maximum Gasteiger partial charge on any atom is 0.410 e. The van der Waals surface area contributed by atoms with E-state index in [1.165, 1.54) is 0 Å². The second kappa shape index (κ2) is 5.90. The SMILES string of the molecule is CCOCC(NC)[C@@H]1[C@H]2C[C@@H]1N(C(=O)OC(C)(C)C)C2. The van der Waals surface area contributed by atoms with Crippen LogP contribution in [0.25, 0.3) is 0 Å². The molecule has 1 aliphatic carbocycles. The standard InChI is InChI=1S/C15H28N2O3/c1-6-19-9-11(16-5)13-10-7-12(13)17(8-10)14(18)20-15(2,3)4/h10-13,16H,6-9H2,1-5H3/t10-,11?,12-,13-/m0/s1. The van der Waals surface area contributed by atoms with Crippen LogP contribution in [0.4, 0.5) is 4.79 Å². The highest BCUT2D eigenvalue weighted by Gasteiger charge is 2.56. The number of hydrogen-bond acceptors (Lipinski definition) is 4. The first-order chi connectivity index (χ1) is 9.37. The summed E-state index contributed by atoms with van der Waals surface area (Å²) in [6.45, 7) is 10.0. The Morgan fingerprint density at radius 2 is 2.15 bits per heavy atom. The molecule has 3 rings (SSSR count). The minimum atomic E-state index is -0.423.